The first-order chi connectivity index (χ1) is 8.45. The maximum atomic E-state index is 11.7. The minimum Gasteiger partial charge on any atom is -0.310 e. The number of carbonyl (C=O) groups is 1. The third kappa shape index (κ3) is 3.74. The lowest BCUT2D eigenvalue weighted by Crippen LogP contribution is -2.34. The van der Waals surface area contributed by atoms with Crippen molar-refractivity contribution < 1.29 is 4.79 Å². The molecular weight excluding hydrogens is 309 g/mol. The fraction of sp³-hybridized carbons (Fsp3) is 0.417. The highest BCUT2D eigenvalue weighted by atomic mass is 35.5. The second kappa shape index (κ2) is 7.31. The predicted molar refractivity (Wildman–Crippen MR) is 83.2 cm³/mol. The first-order valence-electron chi connectivity index (χ1n) is 5.45. The Bertz CT molecular complexity index is 452. The summed E-state index contributed by atoms with van der Waals surface area (Å²) >= 11 is 11.6. The van der Waals surface area contributed by atoms with Crippen LogP contribution in [0.4, 0.5) is 5.69 Å². The fourth-order valence-electron chi connectivity index (χ4n) is 2.16. The molecule has 7 heteroatoms. The van der Waals surface area contributed by atoms with Crippen LogP contribution < -0.4 is 16.6 Å². The van der Waals surface area contributed by atoms with E-state index in [1.54, 1.807) is 4.90 Å². The normalized spacial score (nSPS) is 14.9. The summed E-state index contributed by atoms with van der Waals surface area (Å²) in [5, 5.41) is 0.642. The summed E-state index contributed by atoms with van der Waals surface area (Å²) in [5.41, 5.74) is 2.00. The van der Waals surface area contributed by atoms with Gasteiger partial charge in [-0.1, -0.05) is 31.5 Å². The second-order valence-electron chi connectivity index (χ2n) is 4.66. The number of fused-ring (bicyclic) bond motifs is 1. The summed E-state index contributed by atoms with van der Waals surface area (Å²) in [6.07, 6.45) is 0. The van der Waals surface area contributed by atoms with Crippen molar-refractivity contribution in [2.24, 2.45) is 11.7 Å². The fourth-order valence-corrected chi connectivity index (χ4v) is 2.47. The Hall–Kier alpha value is -0.520. The van der Waals surface area contributed by atoms with E-state index in [2.05, 4.69) is 25.5 Å². The van der Waals surface area contributed by atoms with Crippen LogP contribution in [-0.4, -0.2) is 18.3 Å². The minimum absolute atomic E-state index is 0. The quantitative estimate of drug-likeness (QED) is 0.473. The third-order valence-corrected chi connectivity index (χ3v) is 3.41. The lowest BCUT2D eigenvalue weighted by atomic mass is 9.87. The summed E-state index contributed by atoms with van der Waals surface area (Å²) < 4.78 is 0. The topological polar surface area (TPSA) is 72.3 Å². The number of hydrogen-bond donors (Lipinski definition) is 2. The summed E-state index contributed by atoms with van der Waals surface area (Å²) in [4.78, 5) is 13.4. The number of hydrogen-bond acceptors (Lipinski definition) is 3. The number of nitrogens with zero attached hydrogens (tertiary/aromatic N) is 1. The van der Waals surface area contributed by atoms with Crippen molar-refractivity contribution in [3.8, 4) is 0 Å². The molecule has 0 atom stereocenters. The molecule has 4 N–H and O–H groups in total. The van der Waals surface area contributed by atoms with E-state index in [-0.39, 0.29) is 29.6 Å². The number of hydrazine groups is 1. The van der Waals surface area contributed by atoms with Gasteiger partial charge in [0.25, 0.3) is 0 Å². The molecule has 0 saturated carbocycles. The Balaban J connectivity index is 0.00000103. The number of rotatable bonds is 1. The van der Waals surface area contributed by atoms with Gasteiger partial charge in [-0.25, -0.2) is 0 Å². The summed E-state index contributed by atoms with van der Waals surface area (Å²) in [6.45, 7) is 4.89. The molecule has 1 aromatic carbocycles. The van der Waals surface area contributed by atoms with Gasteiger partial charge in [-0.2, -0.15) is 0 Å². The van der Waals surface area contributed by atoms with Gasteiger partial charge in [0.05, 0.1) is 0 Å². The minimum atomic E-state index is -0.0734. The van der Waals surface area contributed by atoms with Crippen LogP contribution >= 0.6 is 35.6 Å². The van der Waals surface area contributed by atoms with Crippen LogP contribution in [0.2, 0.25) is 5.02 Å². The summed E-state index contributed by atoms with van der Waals surface area (Å²) in [6, 6.07) is 5.67. The number of nitrogens with two attached hydrogens (primary N) is 2. The molecule has 1 amide bonds. The number of carbonyl (C=O) groups excluding carboxylic acids is 1. The number of benzene rings is 1. The Morgan fingerprint density at radius 3 is 2.53 bits per heavy atom. The molecule has 19 heavy (non-hydrogen) atoms. The molecule has 0 fully saturated rings. The number of alkyl halides is 1. The first-order valence-corrected chi connectivity index (χ1v) is 6.36. The highest BCUT2D eigenvalue weighted by Gasteiger charge is 2.37. The molecular formula is C12H18Cl3N3O. The Kier molecular flexibility index (Phi) is 7.11. The monoisotopic (exact) mass is 325 g/mol. The Morgan fingerprint density at radius 2 is 2.00 bits per heavy atom. The van der Waals surface area contributed by atoms with E-state index >= 15 is 0 Å². The van der Waals surface area contributed by atoms with E-state index in [1.807, 2.05) is 18.2 Å². The zero-order valence-electron chi connectivity index (χ0n) is 10.8. The van der Waals surface area contributed by atoms with Crippen LogP contribution in [0.25, 0.3) is 0 Å². The van der Waals surface area contributed by atoms with Crippen LogP contribution in [-0.2, 0) is 10.2 Å². The van der Waals surface area contributed by atoms with Crippen molar-refractivity contribution in [3.05, 3.63) is 28.8 Å². The van der Waals surface area contributed by atoms with E-state index in [9.17, 15) is 4.79 Å². The van der Waals surface area contributed by atoms with Gasteiger partial charge >= 0.3 is 0 Å². The molecule has 1 aliphatic heterocycles. The molecule has 0 unspecified atom stereocenters. The number of anilines is 1. The van der Waals surface area contributed by atoms with Crippen LogP contribution in [0.3, 0.4) is 0 Å². The predicted octanol–water partition coefficient (Wildman–Crippen LogP) is 2.44. The Morgan fingerprint density at radius 1 is 1.42 bits per heavy atom. The van der Waals surface area contributed by atoms with Crippen molar-refractivity contribution in [2.75, 3.05) is 17.3 Å². The summed E-state index contributed by atoms with van der Waals surface area (Å²) in [5.74, 6) is 7.93. The van der Waals surface area contributed by atoms with E-state index in [0.29, 0.717) is 11.6 Å². The molecule has 1 heterocycles. The van der Waals surface area contributed by atoms with Crippen molar-refractivity contribution in [2.45, 2.75) is 19.3 Å². The third-order valence-electron chi connectivity index (χ3n) is 2.95. The van der Waals surface area contributed by atoms with Crippen LogP contribution in [0.15, 0.2) is 18.2 Å². The maximum absolute atomic E-state index is 11.7. The van der Waals surface area contributed by atoms with Crippen molar-refractivity contribution in [1.29, 1.82) is 0 Å². The molecule has 108 valence electrons. The van der Waals surface area contributed by atoms with Crippen LogP contribution in [0.1, 0.15) is 19.4 Å². The van der Waals surface area contributed by atoms with Gasteiger partial charge in [0.15, 0.2) is 0 Å². The van der Waals surface area contributed by atoms with Gasteiger partial charge in [0, 0.05) is 22.7 Å². The van der Waals surface area contributed by atoms with Gasteiger partial charge in [-0.15, -0.1) is 24.0 Å². The van der Waals surface area contributed by atoms with Gasteiger partial charge in [-0.05, 0) is 17.7 Å². The molecule has 0 spiro atoms. The maximum Gasteiger partial charge on any atom is 0.241 e. The zero-order valence-corrected chi connectivity index (χ0v) is 13.1. The van der Waals surface area contributed by atoms with Gasteiger partial charge in [0.1, 0.15) is 5.88 Å². The molecule has 2 rings (SSSR count). The van der Waals surface area contributed by atoms with Crippen LogP contribution in [0, 0.1) is 0 Å². The lowest BCUT2D eigenvalue weighted by molar-refractivity contribution is -0.116. The van der Waals surface area contributed by atoms with Gasteiger partial charge < -0.3 is 4.90 Å². The molecule has 1 aromatic rings. The van der Waals surface area contributed by atoms with Gasteiger partial charge in [-0.3, -0.25) is 16.5 Å². The van der Waals surface area contributed by atoms with Gasteiger partial charge in [0.2, 0.25) is 5.91 Å². The molecule has 0 aliphatic carbocycles. The highest BCUT2D eigenvalue weighted by molar-refractivity contribution is 6.31. The van der Waals surface area contributed by atoms with Crippen LogP contribution in [0.5, 0.6) is 0 Å². The lowest BCUT2D eigenvalue weighted by Gasteiger charge is -2.19. The molecule has 0 saturated heterocycles. The summed E-state index contributed by atoms with van der Waals surface area (Å²) in [7, 11) is 0. The highest BCUT2D eigenvalue weighted by Crippen LogP contribution is 2.41. The largest absolute Gasteiger partial charge is 0.310 e. The average Bonchev–Trinajstić information content (AvgIpc) is 2.62. The SMILES string of the molecule is CC1(C)CN(C(=O)CCl)c2cc(Cl)ccc21.Cl.NN. The van der Waals surface area contributed by atoms with E-state index < -0.39 is 0 Å². The smallest absolute Gasteiger partial charge is 0.241 e. The Labute approximate surface area is 129 Å². The first kappa shape index (κ1) is 18.5. The van der Waals surface area contributed by atoms with Crippen molar-refractivity contribution in [3.63, 3.8) is 0 Å². The standard InChI is InChI=1S/C12H13Cl2NO.ClH.H4N2/c1-12(2)7-15(11(16)6-13)10-5-8(14)3-4-9(10)12;;1-2/h3-5H,6-7H2,1-2H3;1H;1-2H2. The van der Waals surface area contributed by atoms with E-state index in [4.69, 9.17) is 23.2 Å². The van der Waals surface area contributed by atoms with E-state index in [1.165, 1.54) is 0 Å². The molecule has 0 radical (unpaired) electrons. The van der Waals surface area contributed by atoms with E-state index in [0.717, 1.165) is 11.3 Å². The molecule has 1 aliphatic rings. The molecule has 0 aromatic heterocycles. The zero-order chi connectivity index (χ0) is 13.9. The molecule has 4 nitrogen and oxygen atoms in total. The second-order valence-corrected chi connectivity index (χ2v) is 5.36. The van der Waals surface area contributed by atoms with Crippen molar-refractivity contribution >= 4 is 47.2 Å². The number of amides is 1. The average molecular weight is 327 g/mol. The molecule has 0 bridgehead atoms. The van der Waals surface area contributed by atoms with Crippen molar-refractivity contribution in [1.82, 2.24) is 0 Å². The number of halogens is 3.